The third-order valence-electron chi connectivity index (χ3n) is 4.28. The van der Waals surface area contributed by atoms with Crippen LogP contribution in [0.3, 0.4) is 0 Å². The van der Waals surface area contributed by atoms with Crippen molar-refractivity contribution >= 4 is 11.6 Å². The van der Waals surface area contributed by atoms with Crippen LogP contribution < -0.4 is 24.8 Å². The number of methoxy groups -OCH3 is 1. The van der Waals surface area contributed by atoms with Crippen LogP contribution in [0.2, 0.25) is 0 Å². The Hall–Kier alpha value is -2.93. The molecule has 2 aromatic carbocycles. The SMILES string of the molecule is CCNC(=NCC(O)c1ccc(OC)cc1)Nc1ccc2c(c1)OCCCO2. The topological polar surface area (TPSA) is 84.3 Å². The zero-order valence-electron chi connectivity index (χ0n) is 16.3. The number of aliphatic imine (C=N–C) groups is 1. The van der Waals surface area contributed by atoms with Gasteiger partial charge in [-0.1, -0.05) is 12.1 Å². The van der Waals surface area contributed by atoms with Gasteiger partial charge in [0.25, 0.3) is 0 Å². The van der Waals surface area contributed by atoms with Crippen LogP contribution in [0, 0.1) is 0 Å². The predicted octanol–water partition coefficient (Wildman–Crippen LogP) is 2.97. The van der Waals surface area contributed by atoms with Gasteiger partial charge in [0.05, 0.1) is 33.0 Å². The Morgan fingerprint density at radius 3 is 2.61 bits per heavy atom. The second-order valence-electron chi connectivity index (χ2n) is 6.35. The van der Waals surface area contributed by atoms with Gasteiger partial charge in [0.15, 0.2) is 17.5 Å². The van der Waals surface area contributed by atoms with Crippen molar-refractivity contribution in [3.05, 3.63) is 48.0 Å². The van der Waals surface area contributed by atoms with E-state index in [0.29, 0.717) is 25.7 Å². The number of nitrogens with zero attached hydrogens (tertiary/aromatic N) is 1. The van der Waals surface area contributed by atoms with Crippen LogP contribution in [0.15, 0.2) is 47.5 Å². The normalized spacial score (nSPS) is 14.8. The number of aliphatic hydroxyl groups excluding tert-OH is 1. The molecule has 7 heteroatoms. The van der Waals surface area contributed by atoms with E-state index in [1.54, 1.807) is 7.11 Å². The number of anilines is 1. The van der Waals surface area contributed by atoms with Crippen LogP contribution in [0.5, 0.6) is 17.2 Å². The van der Waals surface area contributed by atoms with E-state index < -0.39 is 6.10 Å². The highest BCUT2D eigenvalue weighted by atomic mass is 16.5. The standard InChI is InChI=1S/C21H27N3O4/c1-3-22-21(23-14-18(25)15-5-8-17(26-2)9-6-15)24-16-7-10-19-20(13-16)28-12-4-11-27-19/h5-10,13,18,25H,3-4,11-12,14H2,1-2H3,(H2,22,23,24). The second kappa shape index (κ2) is 9.85. The molecule has 1 atom stereocenters. The number of guanidine groups is 1. The first-order valence-corrected chi connectivity index (χ1v) is 9.46. The molecule has 0 spiro atoms. The van der Waals surface area contributed by atoms with Gasteiger partial charge in [0, 0.05) is 24.7 Å². The molecule has 0 aromatic heterocycles. The first-order chi connectivity index (χ1) is 13.7. The maximum atomic E-state index is 10.4. The molecule has 0 aliphatic carbocycles. The minimum atomic E-state index is -0.704. The van der Waals surface area contributed by atoms with E-state index in [4.69, 9.17) is 14.2 Å². The Morgan fingerprint density at radius 1 is 1.14 bits per heavy atom. The fourth-order valence-electron chi connectivity index (χ4n) is 2.79. The molecule has 1 aliphatic rings. The van der Waals surface area contributed by atoms with E-state index in [0.717, 1.165) is 34.9 Å². The molecule has 3 N–H and O–H groups in total. The highest BCUT2D eigenvalue weighted by molar-refractivity contribution is 5.93. The fourth-order valence-corrected chi connectivity index (χ4v) is 2.79. The molecular weight excluding hydrogens is 358 g/mol. The number of ether oxygens (including phenoxy) is 3. The van der Waals surface area contributed by atoms with E-state index in [1.807, 2.05) is 49.4 Å². The molecule has 3 rings (SSSR count). The summed E-state index contributed by atoms with van der Waals surface area (Å²) in [6.07, 6.45) is 0.162. The third-order valence-corrected chi connectivity index (χ3v) is 4.28. The van der Waals surface area contributed by atoms with Gasteiger partial charge in [-0.25, -0.2) is 4.99 Å². The first-order valence-electron chi connectivity index (χ1n) is 9.46. The van der Waals surface area contributed by atoms with Gasteiger partial charge < -0.3 is 30.0 Å². The fraction of sp³-hybridized carbons (Fsp3) is 0.381. The average molecular weight is 385 g/mol. The van der Waals surface area contributed by atoms with Crippen molar-refractivity contribution in [2.45, 2.75) is 19.4 Å². The summed E-state index contributed by atoms with van der Waals surface area (Å²) in [5.74, 6) is 2.81. The number of hydrogen-bond acceptors (Lipinski definition) is 5. The molecular formula is C21H27N3O4. The van der Waals surface area contributed by atoms with E-state index in [-0.39, 0.29) is 6.54 Å². The lowest BCUT2D eigenvalue weighted by Crippen LogP contribution is -2.31. The monoisotopic (exact) mass is 385 g/mol. The molecule has 0 radical (unpaired) electrons. The minimum Gasteiger partial charge on any atom is -0.497 e. The zero-order chi connectivity index (χ0) is 19.8. The van der Waals surface area contributed by atoms with Gasteiger partial charge >= 0.3 is 0 Å². The van der Waals surface area contributed by atoms with E-state index in [9.17, 15) is 5.11 Å². The van der Waals surface area contributed by atoms with Crippen molar-refractivity contribution in [3.63, 3.8) is 0 Å². The molecule has 0 amide bonds. The van der Waals surface area contributed by atoms with Crippen molar-refractivity contribution in [1.82, 2.24) is 5.32 Å². The lowest BCUT2D eigenvalue weighted by atomic mass is 10.1. The molecule has 0 fully saturated rings. The molecule has 1 aliphatic heterocycles. The molecule has 150 valence electrons. The Bertz CT molecular complexity index is 793. The van der Waals surface area contributed by atoms with E-state index in [1.165, 1.54) is 0 Å². The average Bonchev–Trinajstić information content (AvgIpc) is 2.97. The minimum absolute atomic E-state index is 0.228. The number of benzene rings is 2. The van der Waals surface area contributed by atoms with Crippen LogP contribution in [0.4, 0.5) is 5.69 Å². The molecule has 0 saturated carbocycles. The van der Waals surface area contributed by atoms with E-state index in [2.05, 4.69) is 15.6 Å². The van der Waals surface area contributed by atoms with Gasteiger partial charge in [-0.3, -0.25) is 0 Å². The molecule has 2 aromatic rings. The van der Waals surface area contributed by atoms with Crippen molar-refractivity contribution in [2.24, 2.45) is 4.99 Å². The molecule has 1 unspecified atom stereocenters. The van der Waals surface area contributed by atoms with Crippen molar-refractivity contribution in [2.75, 3.05) is 38.7 Å². The lowest BCUT2D eigenvalue weighted by Gasteiger charge is -2.15. The predicted molar refractivity (Wildman–Crippen MR) is 110 cm³/mol. The summed E-state index contributed by atoms with van der Waals surface area (Å²) in [6, 6.07) is 13.0. The van der Waals surface area contributed by atoms with Gasteiger partial charge in [-0.2, -0.15) is 0 Å². The number of hydrogen-bond donors (Lipinski definition) is 3. The zero-order valence-corrected chi connectivity index (χ0v) is 16.3. The Labute approximate surface area is 165 Å². The maximum absolute atomic E-state index is 10.4. The van der Waals surface area contributed by atoms with Crippen LogP contribution in [-0.4, -0.2) is 44.5 Å². The van der Waals surface area contributed by atoms with Crippen molar-refractivity contribution < 1.29 is 19.3 Å². The Balaban J connectivity index is 1.67. The Kier molecular flexibility index (Phi) is 6.97. The quantitative estimate of drug-likeness (QED) is 0.524. The summed E-state index contributed by atoms with van der Waals surface area (Å²) in [6.45, 7) is 4.22. The number of rotatable bonds is 6. The van der Waals surface area contributed by atoms with Crippen molar-refractivity contribution in [3.8, 4) is 17.2 Å². The number of aliphatic hydroxyl groups is 1. The van der Waals surface area contributed by atoms with Gasteiger partial charge in [0.2, 0.25) is 0 Å². The summed E-state index contributed by atoms with van der Waals surface area (Å²) in [4.78, 5) is 4.50. The third kappa shape index (κ3) is 5.29. The largest absolute Gasteiger partial charge is 0.497 e. The number of fused-ring (bicyclic) bond motifs is 1. The Morgan fingerprint density at radius 2 is 1.89 bits per heavy atom. The summed E-state index contributed by atoms with van der Waals surface area (Å²) >= 11 is 0. The van der Waals surface area contributed by atoms with Crippen LogP contribution >= 0.6 is 0 Å². The first kappa shape index (κ1) is 19.8. The molecule has 0 bridgehead atoms. The van der Waals surface area contributed by atoms with Crippen LogP contribution in [0.25, 0.3) is 0 Å². The van der Waals surface area contributed by atoms with Gasteiger partial charge in [-0.15, -0.1) is 0 Å². The summed E-state index contributed by atoms with van der Waals surface area (Å²) in [5, 5.41) is 16.8. The highest BCUT2D eigenvalue weighted by Gasteiger charge is 2.12. The molecule has 28 heavy (non-hydrogen) atoms. The smallest absolute Gasteiger partial charge is 0.195 e. The van der Waals surface area contributed by atoms with Gasteiger partial charge in [-0.05, 0) is 36.8 Å². The summed E-state index contributed by atoms with van der Waals surface area (Å²) < 4.78 is 16.5. The van der Waals surface area contributed by atoms with Crippen LogP contribution in [-0.2, 0) is 0 Å². The second-order valence-corrected chi connectivity index (χ2v) is 6.35. The van der Waals surface area contributed by atoms with Crippen molar-refractivity contribution in [1.29, 1.82) is 0 Å². The molecule has 1 heterocycles. The van der Waals surface area contributed by atoms with Gasteiger partial charge in [0.1, 0.15) is 5.75 Å². The number of nitrogens with one attached hydrogen (secondary N) is 2. The molecule has 7 nitrogen and oxygen atoms in total. The summed E-state index contributed by atoms with van der Waals surface area (Å²) in [5.41, 5.74) is 1.62. The lowest BCUT2D eigenvalue weighted by molar-refractivity contribution is 0.187. The molecule has 0 saturated heterocycles. The van der Waals surface area contributed by atoms with Crippen LogP contribution in [0.1, 0.15) is 25.0 Å². The highest BCUT2D eigenvalue weighted by Crippen LogP contribution is 2.32. The summed E-state index contributed by atoms with van der Waals surface area (Å²) in [7, 11) is 1.61. The van der Waals surface area contributed by atoms with E-state index >= 15 is 0 Å². The maximum Gasteiger partial charge on any atom is 0.195 e.